The number of halogens is 1. The first-order valence-electron chi connectivity index (χ1n) is 6.16. The van der Waals surface area contributed by atoms with E-state index < -0.39 is 0 Å². The molecule has 20 heavy (non-hydrogen) atoms. The van der Waals surface area contributed by atoms with Gasteiger partial charge in [0.25, 0.3) is 5.91 Å². The second-order valence-electron chi connectivity index (χ2n) is 4.49. The van der Waals surface area contributed by atoms with E-state index in [1.807, 2.05) is 6.92 Å². The third-order valence-electron chi connectivity index (χ3n) is 2.93. The van der Waals surface area contributed by atoms with E-state index in [0.29, 0.717) is 22.6 Å². The number of aryl methyl sites for hydroxylation is 1. The van der Waals surface area contributed by atoms with Crippen molar-refractivity contribution in [3.63, 3.8) is 0 Å². The van der Waals surface area contributed by atoms with Crippen LogP contribution in [0.5, 0.6) is 0 Å². The topological polar surface area (TPSA) is 67.2 Å². The first kappa shape index (κ1) is 13.9. The molecule has 0 radical (unpaired) electrons. The molecule has 104 valence electrons. The Hall–Kier alpha value is -2.56. The van der Waals surface area contributed by atoms with Crippen molar-refractivity contribution in [3.8, 4) is 0 Å². The van der Waals surface area contributed by atoms with Crippen LogP contribution in [0.15, 0.2) is 36.4 Å². The zero-order chi connectivity index (χ0) is 14.7. The molecule has 5 heteroatoms. The van der Waals surface area contributed by atoms with E-state index in [9.17, 15) is 9.18 Å². The first-order chi connectivity index (χ1) is 9.51. The van der Waals surface area contributed by atoms with Crippen LogP contribution in [0.3, 0.4) is 0 Å². The van der Waals surface area contributed by atoms with E-state index in [1.54, 1.807) is 37.4 Å². The van der Waals surface area contributed by atoms with E-state index in [4.69, 9.17) is 5.73 Å². The number of hydrogen-bond donors (Lipinski definition) is 3. The molecule has 1 amide bonds. The Kier molecular flexibility index (Phi) is 3.89. The molecule has 2 aromatic carbocycles. The lowest BCUT2D eigenvalue weighted by Crippen LogP contribution is -2.18. The smallest absolute Gasteiger partial charge is 0.251 e. The first-order valence-corrected chi connectivity index (χ1v) is 6.16. The van der Waals surface area contributed by atoms with E-state index in [2.05, 4.69) is 10.6 Å². The quantitative estimate of drug-likeness (QED) is 0.753. The predicted molar refractivity (Wildman–Crippen MR) is 78.7 cm³/mol. The summed E-state index contributed by atoms with van der Waals surface area (Å²) in [5.74, 6) is -0.599. The molecule has 2 rings (SSSR count). The molecular weight excluding hydrogens is 257 g/mol. The summed E-state index contributed by atoms with van der Waals surface area (Å²) < 4.78 is 13.7. The minimum absolute atomic E-state index is 0.224. The molecule has 0 unspecified atom stereocenters. The maximum absolute atomic E-state index is 13.7. The number of carbonyl (C=O) groups excluding carboxylic acids is 1. The summed E-state index contributed by atoms with van der Waals surface area (Å²) in [7, 11) is 1.55. The Balaban J connectivity index is 2.37. The fraction of sp³-hybridized carbons (Fsp3) is 0.133. The monoisotopic (exact) mass is 273 g/mol. The van der Waals surface area contributed by atoms with Crippen molar-refractivity contribution >= 4 is 23.0 Å². The highest BCUT2D eigenvalue weighted by Gasteiger charge is 2.09. The summed E-state index contributed by atoms with van der Waals surface area (Å²) in [4.78, 5) is 11.6. The predicted octanol–water partition coefficient (Wildman–Crippen LogP) is 2.82. The summed E-state index contributed by atoms with van der Waals surface area (Å²) in [5.41, 5.74) is 8.50. The minimum atomic E-state index is -0.375. The van der Waals surface area contributed by atoms with Gasteiger partial charge in [-0.3, -0.25) is 4.79 Å². The van der Waals surface area contributed by atoms with Gasteiger partial charge in [0.05, 0.1) is 17.1 Å². The zero-order valence-electron chi connectivity index (χ0n) is 11.3. The second kappa shape index (κ2) is 5.61. The molecule has 0 heterocycles. The van der Waals surface area contributed by atoms with Gasteiger partial charge in [-0.2, -0.15) is 0 Å². The number of rotatable bonds is 3. The Labute approximate surface area is 116 Å². The molecule has 0 atom stereocenters. The molecule has 0 spiro atoms. The number of hydrogen-bond acceptors (Lipinski definition) is 3. The summed E-state index contributed by atoms with van der Waals surface area (Å²) in [6, 6.07) is 9.57. The van der Waals surface area contributed by atoms with Gasteiger partial charge >= 0.3 is 0 Å². The molecule has 2 aromatic rings. The van der Waals surface area contributed by atoms with Crippen LogP contribution in [-0.2, 0) is 0 Å². The molecule has 0 bridgehead atoms. The maximum Gasteiger partial charge on any atom is 0.251 e. The van der Waals surface area contributed by atoms with Crippen molar-refractivity contribution in [1.82, 2.24) is 5.32 Å². The van der Waals surface area contributed by atoms with Crippen LogP contribution in [0.1, 0.15) is 15.9 Å². The van der Waals surface area contributed by atoms with Gasteiger partial charge in [0.2, 0.25) is 0 Å². The lowest BCUT2D eigenvalue weighted by atomic mass is 10.1. The molecule has 0 aromatic heterocycles. The third kappa shape index (κ3) is 2.88. The van der Waals surface area contributed by atoms with E-state index in [-0.39, 0.29) is 11.7 Å². The van der Waals surface area contributed by atoms with Gasteiger partial charge in [0, 0.05) is 12.6 Å². The largest absolute Gasteiger partial charge is 0.397 e. The minimum Gasteiger partial charge on any atom is -0.397 e. The maximum atomic E-state index is 13.7. The Morgan fingerprint density at radius 1 is 1.15 bits per heavy atom. The highest BCUT2D eigenvalue weighted by molar-refractivity contribution is 5.96. The number of carbonyl (C=O) groups is 1. The van der Waals surface area contributed by atoms with Gasteiger partial charge in [0.1, 0.15) is 5.82 Å². The molecule has 0 aliphatic heterocycles. The molecule has 0 saturated heterocycles. The van der Waals surface area contributed by atoms with Crippen LogP contribution in [0, 0.1) is 12.7 Å². The van der Waals surface area contributed by atoms with E-state index >= 15 is 0 Å². The van der Waals surface area contributed by atoms with E-state index in [1.165, 1.54) is 6.07 Å². The van der Waals surface area contributed by atoms with Crippen molar-refractivity contribution in [2.45, 2.75) is 6.92 Å². The standard InChI is InChI=1S/C15H16FN3O/c1-9-3-5-11(16)13(7-9)19-14-8-10(15(20)18-2)4-6-12(14)17/h3-8,19H,17H2,1-2H3,(H,18,20). The summed E-state index contributed by atoms with van der Waals surface area (Å²) >= 11 is 0. The van der Waals surface area contributed by atoms with Crippen molar-refractivity contribution in [2.75, 3.05) is 18.1 Å². The van der Waals surface area contributed by atoms with Crippen molar-refractivity contribution in [1.29, 1.82) is 0 Å². The number of amides is 1. The summed E-state index contributed by atoms with van der Waals surface area (Å²) in [5, 5.41) is 5.45. The lowest BCUT2D eigenvalue weighted by molar-refractivity contribution is 0.0963. The molecule has 0 aliphatic carbocycles. The summed E-state index contributed by atoms with van der Waals surface area (Å²) in [6.07, 6.45) is 0. The number of anilines is 3. The van der Waals surface area contributed by atoms with Gasteiger partial charge in [-0.25, -0.2) is 4.39 Å². The van der Waals surface area contributed by atoms with Crippen molar-refractivity contribution in [3.05, 3.63) is 53.3 Å². The van der Waals surface area contributed by atoms with Gasteiger partial charge in [-0.1, -0.05) is 6.07 Å². The van der Waals surface area contributed by atoms with Crippen molar-refractivity contribution < 1.29 is 9.18 Å². The molecule has 0 aliphatic rings. The Morgan fingerprint density at radius 3 is 2.60 bits per heavy atom. The van der Waals surface area contributed by atoms with Crippen LogP contribution in [0.25, 0.3) is 0 Å². The fourth-order valence-electron chi connectivity index (χ4n) is 1.83. The number of nitrogen functional groups attached to an aromatic ring is 1. The number of benzene rings is 2. The normalized spacial score (nSPS) is 10.2. The average Bonchev–Trinajstić information content (AvgIpc) is 2.44. The number of nitrogens with two attached hydrogens (primary N) is 1. The van der Waals surface area contributed by atoms with Gasteiger partial charge in [-0.05, 0) is 42.8 Å². The van der Waals surface area contributed by atoms with Crippen LogP contribution in [0.2, 0.25) is 0 Å². The number of nitrogens with one attached hydrogen (secondary N) is 2. The zero-order valence-corrected chi connectivity index (χ0v) is 11.3. The molecule has 4 nitrogen and oxygen atoms in total. The van der Waals surface area contributed by atoms with Gasteiger partial charge in [-0.15, -0.1) is 0 Å². The van der Waals surface area contributed by atoms with Crippen molar-refractivity contribution in [2.24, 2.45) is 0 Å². The molecular formula is C15H16FN3O. The highest BCUT2D eigenvalue weighted by atomic mass is 19.1. The van der Waals surface area contributed by atoms with Gasteiger partial charge < -0.3 is 16.4 Å². The Morgan fingerprint density at radius 2 is 1.90 bits per heavy atom. The SMILES string of the molecule is CNC(=O)c1ccc(N)c(Nc2cc(C)ccc2F)c1. The average molecular weight is 273 g/mol. The Bertz CT molecular complexity index is 656. The van der Waals surface area contributed by atoms with Crippen LogP contribution in [0.4, 0.5) is 21.5 Å². The van der Waals surface area contributed by atoms with Crippen LogP contribution in [-0.4, -0.2) is 13.0 Å². The molecule has 0 saturated carbocycles. The molecule has 0 fully saturated rings. The lowest BCUT2D eigenvalue weighted by Gasteiger charge is -2.12. The second-order valence-corrected chi connectivity index (χ2v) is 4.49. The highest BCUT2D eigenvalue weighted by Crippen LogP contribution is 2.26. The fourth-order valence-corrected chi connectivity index (χ4v) is 1.83. The molecule has 4 N–H and O–H groups in total. The summed E-state index contributed by atoms with van der Waals surface area (Å²) in [6.45, 7) is 1.87. The van der Waals surface area contributed by atoms with Gasteiger partial charge in [0.15, 0.2) is 0 Å². The van der Waals surface area contributed by atoms with E-state index in [0.717, 1.165) is 5.56 Å². The third-order valence-corrected chi connectivity index (χ3v) is 2.93. The van der Waals surface area contributed by atoms with Crippen LogP contribution >= 0.6 is 0 Å². The van der Waals surface area contributed by atoms with Crippen LogP contribution < -0.4 is 16.4 Å².